The van der Waals surface area contributed by atoms with Gasteiger partial charge in [-0.05, 0) is 32.9 Å². The Morgan fingerprint density at radius 2 is 2.16 bits per heavy atom. The summed E-state index contributed by atoms with van der Waals surface area (Å²) in [6.45, 7) is 5.64. The summed E-state index contributed by atoms with van der Waals surface area (Å²) in [6, 6.07) is 3.27. The average molecular weight is 265 g/mol. The van der Waals surface area contributed by atoms with Crippen molar-refractivity contribution in [2.24, 2.45) is 5.73 Å². The summed E-state index contributed by atoms with van der Waals surface area (Å²) in [5.74, 6) is -0.494. The van der Waals surface area contributed by atoms with Gasteiger partial charge in [-0.3, -0.25) is 4.79 Å². The Kier molecular flexibility index (Phi) is 4.86. The zero-order chi connectivity index (χ0) is 14.5. The zero-order valence-corrected chi connectivity index (χ0v) is 11.4. The van der Waals surface area contributed by atoms with Gasteiger partial charge in [0.2, 0.25) is 5.91 Å². The number of aromatic nitrogens is 1. The van der Waals surface area contributed by atoms with E-state index in [2.05, 4.69) is 10.3 Å². The van der Waals surface area contributed by atoms with Gasteiger partial charge in [-0.25, -0.2) is 9.78 Å². The predicted octanol–water partition coefficient (Wildman–Crippen LogP) is 1.32. The summed E-state index contributed by atoms with van der Waals surface area (Å²) >= 11 is 0. The van der Waals surface area contributed by atoms with Crippen molar-refractivity contribution in [2.45, 2.75) is 32.7 Å². The second kappa shape index (κ2) is 6.17. The fraction of sp³-hybridized carbons (Fsp3) is 0.462. The number of pyridine rings is 1. The SMILES string of the molecule is CCOC(=O)c1cccnc1NC(C)(C)CC(N)=O. The van der Waals surface area contributed by atoms with Crippen LogP contribution >= 0.6 is 0 Å². The molecule has 1 amide bonds. The maximum atomic E-state index is 11.8. The summed E-state index contributed by atoms with van der Waals surface area (Å²) in [6.07, 6.45) is 1.69. The van der Waals surface area contributed by atoms with Crippen molar-refractivity contribution < 1.29 is 14.3 Å². The molecule has 0 aromatic carbocycles. The molecular weight excluding hydrogens is 246 g/mol. The number of rotatable bonds is 6. The highest BCUT2D eigenvalue weighted by Crippen LogP contribution is 2.20. The summed E-state index contributed by atoms with van der Waals surface area (Å²) in [4.78, 5) is 26.9. The van der Waals surface area contributed by atoms with Gasteiger partial charge in [-0.15, -0.1) is 0 Å². The molecule has 1 rings (SSSR count). The van der Waals surface area contributed by atoms with Gasteiger partial charge < -0.3 is 15.8 Å². The van der Waals surface area contributed by atoms with Crippen LogP contribution < -0.4 is 11.1 Å². The minimum absolute atomic E-state index is 0.131. The quantitative estimate of drug-likeness (QED) is 0.756. The van der Waals surface area contributed by atoms with Crippen molar-refractivity contribution in [3.63, 3.8) is 0 Å². The molecule has 0 saturated carbocycles. The van der Waals surface area contributed by atoms with E-state index < -0.39 is 17.4 Å². The molecule has 0 aliphatic carbocycles. The molecule has 6 heteroatoms. The molecule has 0 aliphatic rings. The molecule has 1 aromatic rings. The molecule has 0 unspecified atom stereocenters. The van der Waals surface area contributed by atoms with E-state index in [9.17, 15) is 9.59 Å². The van der Waals surface area contributed by atoms with E-state index >= 15 is 0 Å². The number of nitrogens with two attached hydrogens (primary N) is 1. The summed E-state index contributed by atoms with van der Waals surface area (Å²) in [7, 11) is 0. The van der Waals surface area contributed by atoms with Gasteiger partial charge in [0.05, 0.1) is 6.61 Å². The van der Waals surface area contributed by atoms with Gasteiger partial charge in [0.15, 0.2) is 0 Å². The van der Waals surface area contributed by atoms with E-state index in [1.165, 1.54) is 0 Å². The van der Waals surface area contributed by atoms with Crippen LogP contribution in [0.3, 0.4) is 0 Å². The van der Waals surface area contributed by atoms with Crippen LogP contribution in [0.15, 0.2) is 18.3 Å². The van der Waals surface area contributed by atoms with Crippen LogP contribution in [0.4, 0.5) is 5.82 Å². The standard InChI is InChI=1S/C13H19N3O3/c1-4-19-12(18)9-6-5-7-15-11(9)16-13(2,3)8-10(14)17/h5-7H,4,8H2,1-3H3,(H2,14,17)(H,15,16). The van der Waals surface area contributed by atoms with Gasteiger partial charge in [0.1, 0.15) is 11.4 Å². The number of ether oxygens (including phenoxy) is 1. The average Bonchev–Trinajstić information content (AvgIpc) is 2.27. The monoisotopic (exact) mass is 265 g/mol. The molecule has 3 N–H and O–H groups in total. The number of carbonyl (C=O) groups is 2. The van der Waals surface area contributed by atoms with Gasteiger partial charge in [0, 0.05) is 18.2 Å². The van der Waals surface area contributed by atoms with Crippen LogP contribution in [-0.2, 0) is 9.53 Å². The molecule has 0 aliphatic heterocycles. The Bertz CT molecular complexity index is 472. The van der Waals surface area contributed by atoms with Crippen LogP contribution in [0.2, 0.25) is 0 Å². The van der Waals surface area contributed by atoms with E-state index in [0.717, 1.165) is 0 Å². The number of hydrogen-bond donors (Lipinski definition) is 2. The van der Waals surface area contributed by atoms with Gasteiger partial charge in [-0.2, -0.15) is 0 Å². The van der Waals surface area contributed by atoms with Crippen molar-refractivity contribution >= 4 is 17.7 Å². The van der Waals surface area contributed by atoms with Crippen LogP contribution in [0, 0.1) is 0 Å². The minimum Gasteiger partial charge on any atom is -0.462 e. The Morgan fingerprint density at radius 1 is 1.47 bits per heavy atom. The molecule has 19 heavy (non-hydrogen) atoms. The Morgan fingerprint density at radius 3 is 2.74 bits per heavy atom. The first-order chi connectivity index (χ1) is 8.85. The molecule has 0 fully saturated rings. The second-order valence-corrected chi connectivity index (χ2v) is 4.77. The van der Waals surface area contributed by atoms with Crippen LogP contribution in [0.25, 0.3) is 0 Å². The minimum atomic E-state index is -0.596. The predicted molar refractivity (Wildman–Crippen MR) is 71.7 cm³/mol. The highest BCUT2D eigenvalue weighted by molar-refractivity contribution is 5.94. The molecule has 0 saturated heterocycles. The smallest absolute Gasteiger partial charge is 0.341 e. The number of esters is 1. The Balaban J connectivity index is 2.95. The normalized spacial score (nSPS) is 10.9. The number of hydrogen-bond acceptors (Lipinski definition) is 5. The highest BCUT2D eigenvalue weighted by Gasteiger charge is 2.23. The lowest BCUT2D eigenvalue weighted by molar-refractivity contribution is -0.118. The number of anilines is 1. The summed E-state index contributed by atoms with van der Waals surface area (Å²) < 4.78 is 4.95. The molecular formula is C13H19N3O3. The van der Waals surface area contributed by atoms with Crippen molar-refractivity contribution in [3.8, 4) is 0 Å². The van der Waals surface area contributed by atoms with Gasteiger partial charge >= 0.3 is 5.97 Å². The maximum absolute atomic E-state index is 11.8. The fourth-order valence-electron chi connectivity index (χ4n) is 1.68. The first-order valence-corrected chi connectivity index (χ1v) is 6.04. The number of nitrogens with zero attached hydrogens (tertiary/aromatic N) is 1. The van der Waals surface area contributed by atoms with Crippen LogP contribution in [-0.4, -0.2) is 29.0 Å². The second-order valence-electron chi connectivity index (χ2n) is 4.77. The molecule has 6 nitrogen and oxygen atoms in total. The van der Waals surface area contributed by atoms with E-state index in [-0.39, 0.29) is 13.0 Å². The molecule has 1 aromatic heterocycles. The lowest BCUT2D eigenvalue weighted by Gasteiger charge is -2.26. The summed E-state index contributed by atoms with van der Waals surface area (Å²) in [5, 5.41) is 3.04. The fourth-order valence-corrected chi connectivity index (χ4v) is 1.68. The Hall–Kier alpha value is -2.11. The molecule has 0 bridgehead atoms. The van der Waals surface area contributed by atoms with Crippen molar-refractivity contribution in [3.05, 3.63) is 23.9 Å². The van der Waals surface area contributed by atoms with Crippen molar-refractivity contribution in [1.29, 1.82) is 0 Å². The topological polar surface area (TPSA) is 94.3 Å². The lowest BCUT2D eigenvalue weighted by atomic mass is 10.00. The highest BCUT2D eigenvalue weighted by atomic mass is 16.5. The largest absolute Gasteiger partial charge is 0.462 e. The molecule has 0 spiro atoms. The van der Waals surface area contributed by atoms with Crippen molar-refractivity contribution in [2.75, 3.05) is 11.9 Å². The van der Waals surface area contributed by atoms with Gasteiger partial charge in [0.25, 0.3) is 0 Å². The molecule has 0 atom stereocenters. The molecule has 0 radical (unpaired) electrons. The number of nitrogens with one attached hydrogen (secondary N) is 1. The van der Waals surface area contributed by atoms with E-state index in [1.54, 1.807) is 39.1 Å². The van der Waals surface area contributed by atoms with E-state index in [0.29, 0.717) is 11.4 Å². The number of carbonyl (C=O) groups excluding carboxylic acids is 2. The zero-order valence-electron chi connectivity index (χ0n) is 11.4. The third kappa shape index (κ3) is 4.57. The Labute approximate surface area is 112 Å². The van der Waals surface area contributed by atoms with Crippen molar-refractivity contribution in [1.82, 2.24) is 4.98 Å². The third-order valence-corrected chi connectivity index (χ3v) is 2.38. The van der Waals surface area contributed by atoms with Crippen LogP contribution in [0.1, 0.15) is 37.6 Å². The number of primary amides is 1. The first kappa shape index (κ1) is 14.9. The van der Waals surface area contributed by atoms with E-state index in [4.69, 9.17) is 10.5 Å². The maximum Gasteiger partial charge on any atom is 0.341 e. The first-order valence-electron chi connectivity index (χ1n) is 6.04. The lowest BCUT2D eigenvalue weighted by Crippen LogP contribution is -2.37. The number of amides is 1. The van der Waals surface area contributed by atoms with E-state index in [1.807, 2.05) is 0 Å². The third-order valence-electron chi connectivity index (χ3n) is 2.38. The van der Waals surface area contributed by atoms with Crippen LogP contribution in [0.5, 0.6) is 0 Å². The summed E-state index contributed by atoms with van der Waals surface area (Å²) in [5.41, 5.74) is 4.93. The van der Waals surface area contributed by atoms with Gasteiger partial charge in [-0.1, -0.05) is 0 Å². The molecule has 104 valence electrons. The molecule has 1 heterocycles.